The van der Waals surface area contributed by atoms with Gasteiger partial charge in [0.15, 0.2) is 5.82 Å². The SMILES string of the molecule is CCc1nc(N/N=C/c2ccco2)c2c3c(sc2n1)CCCC3. The Hall–Kier alpha value is -2.21. The van der Waals surface area contributed by atoms with Gasteiger partial charge in [-0.1, -0.05) is 6.92 Å². The Morgan fingerprint density at radius 3 is 3.09 bits per heavy atom. The monoisotopic (exact) mass is 326 g/mol. The van der Waals surface area contributed by atoms with Crippen molar-refractivity contribution in [2.75, 3.05) is 5.43 Å². The summed E-state index contributed by atoms with van der Waals surface area (Å²) >= 11 is 1.81. The minimum Gasteiger partial charge on any atom is -0.463 e. The lowest BCUT2D eigenvalue weighted by Crippen LogP contribution is -2.03. The van der Waals surface area contributed by atoms with E-state index < -0.39 is 0 Å². The summed E-state index contributed by atoms with van der Waals surface area (Å²) in [6.07, 6.45) is 8.90. The van der Waals surface area contributed by atoms with Gasteiger partial charge >= 0.3 is 0 Å². The van der Waals surface area contributed by atoms with Crippen molar-refractivity contribution < 1.29 is 4.42 Å². The fraction of sp³-hybridized carbons (Fsp3) is 0.353. The zero-order valence-electron chi connectivity index (χ0n) is 13.0. The summed E-state index contributed by atoms with van der Waals surface area (Å²) in [6.45, 7) is 2.07. The van der Waals surface area contributed by atoms with E-state index in [1.165, 1.54) is 23.3 Å². The van der Waals surface area contributed by atoms with E-state index in [1.54, 1.807) is 12.5 Å². The van der Waals surface area contributed by atoms with Gasteiger partial charge in [-0.2, -0.15) is 5.10 Å². The molecule has 118 valence electrons. The molecule has 0 aromatic carbocycles. The number of hydrogen-bond donors (Lipinski definition) is 1. The molecule has 0 saturated carbocycles. The molecule has 0 fully saturated rings. The molecule has 4 rings (SSSR count). The topological polar surface area (TPSA) is 63.3 Å². The summed E-state index contributed by atoms with van der Waals surface area (Å²) in [5, 5.41) is 5.44. The van der Waals surface area contributed by atoms with Crippen molar-refractivity contribution in [1.29, 1.82) is 0 Å². The van der Waals surface area contributed by atoms with Crippen molar-refractivity contribution >= 4 is 33.6 Å². The second kappa shape index (κ2) is 6.12. The van der Waals surface area contributed by atoms with E-state index in [-0.39, 0.29) is 0 Å². The summed E-state index contributed by atoms with van der Waals surface area (Å²) in [5.41, 5.74) is 4.51. The second-order valence-electron chi connectivity index (χ2n) is 5.62. The predicted molar refractivity (Wildman–Crippen MR) is 93.4 cm³/mol. The highest BCUT2D eigenvalue weighted by atomic mass is 32.1. The average molecular weight is 326 g/mol. The van der Waals surface area contributed by atoms with E-state index >= 15 is 0 Å². The third-order valence-electron chi connectivity index (χ3n) is 4.08. The number of aromatic nitrogens is 2. The van der Waals surface area contributed by atoms with Crippen LogP contribution in [0.25, 0.3) is 10.2 Å². The van der Waals surface area contributed by atoms with Crippen molar-refractivity contribution in [2.45, 2.75) is 39.0 Å². The van der Waals surface area contributed by atoms with Crippen LogP contribution < -0.4 is 5.43 Å². The number of fused-ring (bicyclic) bond motifs is 3. The number of thiophene rings is 1. The number of nitrogens with one attached hydrogen (secondary N) is 1. The standard InChI is InChI=1S/C17H18N4OS/c1-2-14-19-16(21-18-10-11-6-5-9-22-11)15-12-7-3-4-8-13(12)23-17(15)20-14/h5-6,9-10H,2-4,7-8H2,1H3,(H,19,20,21)/b18-10+. The molecule has 0 saturated heterocycles. The van der Waals surface area contributed by atoms with Crippen molar-refractivity contribution in [3.05, 3.63) is 40.4 Å². The van der Waals surface area contributed by atoms with Gasteiger partial charge in [-0.05, 0) is 43.4 Å². The third-order valence-corrected chi connectivity index (χ3v) is 5.27. The lowest BCUT2D eigenvalue weighted by atomic mass is 9.97. The molecule has 0 radical (unpaired) electrons. The van der Waals surface area contributed by atoms with Gasteiger partial charge < -0.3 is 4.42 Å². The van der Waals surface area contributed by atoms with Gasteiger partial charge in [0.25, 0.3) is 0 Å². The summed E-state index contributed by atoms with van der Waals surface area (Å²) in [4.78, 5) is 11.9. The van der Waals surface area contributed by atoms with Crippen molar-refractivity contribution in [3.8, 4) is 0 Å². The Morgan fingerprint density at radius 2 is 2.26 bits per heavy atom. The molecule has 3 heterocycles. The molecule has 5 nitrogen and oxygen atoms in total. The Bertz CT molecular complexity index is 851. The van der Waals surface area contributed by atoms with Crippen LogP contribution in [0.4, 0.5) is 5.82 Å². The molecule has 1 aliphatic carbocycles. The number of nitrogens with zero attached hydrogens (tertiary/aromatic N) is 3. The second-order valence-corrected chi connectivity index (χ2v) is 6.70. The number of rotatable bonds is 4. The number of hydrazone groups is 1. The minimum atomic E-state index is 0.714. The number of aryl methyl sites for hydroxylation is 3. The van der Waals surface area contributed by atoms with Gasteiger partial charge in [0, 0.05) is 11.3 Å². The molecule has 23 heavy (non-hydrogen) atoms. The van der Waals surface area contributed by atoms with Crippen LogP contribution in [0.2, 0.25) is 0 Å². The van der Waals surface area contributed by atoms with E-state index in [9.17, 15) is 0 Å². The lowest BCUT2D eigenvalue weighted by molar-refractivity contribution is 0.560. The highest BCUT2D eigenvalue weighted by Crippen LogP contribution is 2.38. The molecule has 3 aromatic heterocycles. The van der Waals surface area contributed by atoms with Crippen LogP contribution in [-0.2, 0) is 19.3 Å². The molecule has 3 aromatic rings. The molecule has 0 amide bonds. The van der Waals surface area contributed by atoms with Gasteiger partial charge in [0.2, 0.25) is 0 Å². The highest BCUT2D eigenvalue weighted by molar-refractivity contribution is 7.19. The Morgan fingerprint density at radius 1 is 1.35 bits per heavy atom. The molecule has 0 aliphatic heterocycles. The van der Waals surface area contributed by atoms with Gasteiger partial charge in [0.1, 0.15) is 16.4 Å². The van der Waals surface area contributed by atoms with E-state index in [2.05, 4.69) is 22.4 Å². The molecule has 0 unspecified atom stereocenters. The quantitative estimate of drug-likeness (QED) is 0.577. The van der Waals surface area contributed by atoms with Crippen LogP contribution in [0, 0.1) is 0 Å². The van der Waals surface area contributed by atoms with Crippen molar-refractivity contribution in [2.24, 2.45) is 5.10 Å². The molecule has 1 N–H and O–H groups in total. The van der Waals surface area contributed by atoms with Gasteiger partial charge in [0.05, 0.1) is 17.9 Å². The molecular formula is C17H18N4OS. The first kappa shape index (κ1) is 14.4. The molecule has 0 atom stereocenters. The summed E-state index contributed by atoms with van der Waals surface area (Å²) in [7, 11) is 0. The largest absolute Gasteiger partial charge is 0.463 e. The van der Waals surface area contributed by atoms with Crippen LogP contribution >= 0.6 is 11.3 Å². The Labute approximate surface area is 138 Å². The molecular weight excluding hydrogens is 308 g/mol. The number of anilines is 1. The molecule has 0 bridgehead atoms. The number of hydrogen-bond acceptors (Lipinski definition) is 6. The molecule has 1 aliphatic rings. The first-order valence-corrected chi connectivity index (χ1v) is 8.80. The first-order valence-electron chi connectivity index (χ1n) is 7.99. The fourth-order valence-corrected chi connectivity index (χ4v) is 4.24. The van der Waals surface area contributed by atoms with E-state index in [0.29, 0.717) is 5.76 Å². The normalized spacial score (nSPS) is 14.5. The zero-order valence-corrected chi connectivity index (χ0v) is 13.8. The minimum absolute atomic E-state index is 0.714. The summed E-state index contributed by atoms with van der Waals surface area (Å²) in [5.74, 6) is 2.38. The van der Waals surface area contributed by atoms with Crippen LogP contribution in [0.15, 0.2) is 27.9 Å². The van der Waals surface area contributed by atoms with Gasteiger partial charge in [-0.25, -0.2) is 9.97 Å². The Kier molecular flexibility index (Phi) is 3.83. The van der Waals surface area contributed by atoms with Crippen LogP contribution in [0.3, 0.4) is 0 Å². The zero-order chi connectivity index (χ0) is 15.6. The van der Waals surface area contributed by atoms with E-state index in [1.807, 2.05) is 23.5 Å². The van der Waals surface area contributed by atoms with Crippen LogP contribution in [-0.4, -0.2) is 16.2 Å². The average Bonchev–Trinajstić information content (AvgIpc) is 3.21. The fourth-order valence-electron chi connectivity index (χ4n) is 2.96. The van der Waals surface area contributed by atoms with Crippen LogP contribution in [0.5, 0.6) is 0 Å². The summed E-state index contributed by atoms with van der Waals surface area (Å²) in [6, 6.07) is 3.71. The van der Waals surface area contributed by atoms with Crippen molar-refractivity contribution in [3.63, 3.8) is 0 Å². The van der Waals surface area contributed by atoms with Gasteiger partial charge in [-0.3, -0.25) is 5.43 Å². The lowest BCUT2D eigenvalue weighted by Gasteiger charge is -2.11. The first-order chi connectivity index (χ1) is 11.3. The van der Waals surface area contributed by atoms with Gasteiger partial charge in [-0.15, -0.1) is 11.3 Å². The molecule has 6 heteroatoms. The highest BCUT2D eigenvalue weighted by Gasteiger charge is 2.20. The third kappa shape index (κ3) is 2.74. The number of furan rings is 1. The Balaban J connectivity index is 1.75. The van der Waals surface area contributed by atoms with Crippen molar-refractivity contribution in [1.82, 2.24) is 9.97 Å². The predicted octanol–water partition coefficient (Wildman–Crippen LogP) is 4.17. The maximum absolute atomic E-state index is 5.26. The maximum atomic E-state index is 5.26. The molecule has 0 spiro atoms. The summed E-state index contributed by atoms with van der Waals surface area (Å²) < 4.78 is 5.26. The van der Waals surface area contributed by atoms with E-state index in [0.717, 1.165) is 41.1 Å². The maximum Gasteiger partial charge on any atom is 0.159 e. The van der Waals surface area contributed by atoms with E-state index in [4.69, 9.17) is 9.40 Å². The smallest absolute Gasteiger partial charge is 0.159 e. The van der Waals surface area contributed by atoms with Crippen LogP contribution in [0.1, 0.15) is 41.8 Å².